The average molecular weight is 359 g/mol. The van der Waals surface area contributed by atoms with E-state index in [9.17, 15) is 27.6 Å². The number of hydrogen-bond acceptors (Lipinski definition) is 4. The average Bonchev–Trinajstić information content (AvgIpc) is 2.72. The Morgan fingerprint density at radius 2 is 1.88 bits per heavy atom. The van der Waals surface area contributed by atoms with Gasteiger partial charge >= 0.3 is 12.4 Å². The molecule has 1 saturated heterocycles. The number of ether oxygens (including phenoxy) is 1. The molecule has 25 heavy (non-hydrogen) atoms. The molecule has 10 heteroatoms. The Balaban J connectivity index is 1.97. The van der Waals surface area contributed by atoms with Crippen molar-refractivity contribution in [3.63, 3.8) is 0 Å². The summed E-state index contributed by atoms with van der Waals surface area (Å²) < 4.78 is 39.9. The van der Waals surface area contributed by atoms with Crippen molar-refractivity contribution in [1.82, 2.24) is 10.2 Å². The number of urea groups is 1. The maximum absolute atomic E-state index is 12.2. The molecule has 1 aliphatic heterocycles. The molecular formula is C15H16F3N3O4. The fraction of sp³-hybridized carbons (Fsp3) is 0.400. The van der Waals surface area contributed by atoms with Crippen molar-refractivity contribution in [3.05, 3.63) is 24.3 Å². The highest BCUT2D eigenvalue weighted by Gasteiger charge is 2.46. The van der Waals surface area contributed by atoms with Gasteiger partial charge in [-0.05, 0) is 37.6 Å². The lowest BCUT2D eigenvalue weighted by Crippen LogP contribution is -2.44. The summed E-state index contributed by atoms with van der Waals surface area (Å²) in [6.07, 6.45) is -4.43. The molecule has 0 aliphatic carbocycles. The first kappa shape index (κ1) is 18.6. The van der Waals surface area contributed by atoms with Crippen molar-refractivity contribution in [1.29, 1.82) is 0 Å². The van der Waals surface area contributed by atoms with Gasteiger partial charge in [0.05, 0.1) is 0 Å². The first-order chi connectivity index (χ1) is 11.5. The summed E-state index contributed by atoms with van der Waals surface area (Å²) in [5.74, 6) is -1.60. The Kier molecular flexibility index (Phi) is 4.91. The van der Waals surface area contributed by atoms with Crippen LogP contribution in [0, 0.1) is 0 Å². The van der Waals surface area contributed by atoms with E-state index >= 15 is 0 Å². The third-order valence-corrected chi connectivity index (χ3v) is 3.73. The van der Waals surface area contributed by atoms with E-state index in [0.29, 0.717) is 6.42 Å². The molecule has 1 aromatic rings. The van der Waals surface area contributed by atoms with Crippen LogP contribution in [-0.4, -0.2) is 41.2 Å². The summed E-state index contributed by atoms with van der Waals surface area (Å²) in [5.41, 5.74) is -0.849. The smallest absolute Gasteiger partial charge is 0.406 e. The predicted octanol–water partition coefficient (Wildman–Crippen LogP) is 2.24. The zero-order valence-corrected chi connectivity index (χ0v) is 13.4. The quantitative estimate of drug-likeness (QED) is 0.790. The summed E-state index contributed by atoms with van der Waals surface area (Å²) >= 11 is 0. The van der Waals surface area contributed by atoms with Gasteiger partial charge in [-0.15, -0.1) is 13.2 Å². The number of alkyl halides is 3. The molecule has 2 N–H and O–H groups in total. The SMILES string of the molecule is CC[C@]1(C)NC(=O)N(CC(=O)Nc2ccc(OC(F)(F)F)cc2)C1=O. The summed E-state index contributed by atoms with van der Waals surface area (Å²) in [6.45, 7) is 2.79. The Morgan fingerprint density at radius 3 is 2.36 bits per heavy atom. The second-order valence-electron chi connectivity index (χ2n) is 5.63. The number of imide groups is 1. The second-order valence-corrected chi connectivity index (χ2v) is 5.63. The van der Waals surface area contributed by atoms with Gasteiger partial charge in [-0.3, -0.25) is 14.5 Å². The Morgan fingerprint density at radius 1 is 1.28 bits per heavy atom. The topological polar surface area (TPSA) is 87.7 Å². The monoisotopic (exact) mass is 359 g/mol. The second kappa shape index (κ2) is 6.61. The molecule has 0 radical (unpaired) electrons. The molecule has 0 spiro atoms. The first-order valence-corrected chi connectivity index (χ1v) is 7.34. The fourth-order valence-corrected chi connectivity index (χ4v) is 2.21. The summed E-state index contributed by atoms with van der Waals surface area (Å²) in [7, 11) is 0. The van der Waals surface area contributed by atoms with Crippen LogP contribution in [-0.2, 0) is 9.59 Å². The van der Waals surface area contributed by atoms with Crippen molar-refractivity contribution in [2.75, 3.05) is 11.9 Å². The molecule has 4 amide bonds. The molecule has 7 nitrogen and oxygen atoms in total. The largest absolute Gasteiger partial charge is 0.573 e. The van der Waals surface area contributed by atoms with Crippen LogP contribution in [0.2, 0.25) is 0 Å². The van der Waals surface area contributed by atoms with Crippen molar-refractivity contribution in [2.45, 2.75) is 32.2 Å². The maximum atomic E-state index is 12.2. The molecule has 1 fully saturated rings. The molecule has 0 aromatic heterocycles. The van der Waals surface area contributed by atoms with Crippen molar-refractivity contribution in [2.24, 2.45) is 0 Å². The highest BCUT2D eigenvalue weighted by molar-refractivity contribution is 6.09. The number of nitrogens with one attached hydrogen (secondary N) is 2. The minimum absolute atomic E-state index is 0.199. The highest BCUT2D eigenvalue weighted by Crippen LogP contribution is 2.24. The molecule has 136 valence electrons. The minimum atomic E-state index is -4.81. The van der Waals surface area contributed by atoms with E-state index in [1.165, 1.54) is 12.1 Å². The number of halogens is 3. The number of nitrogens with zero attached hydrogens (tertiary/aromatic N) is 1. The summed E-state index contributed by atoms with van der Waals surface area (Å²) in [4.78, 5) is 36.8. The summed E-state index contributed by atoms with van der Waals surface area (Å²) in [6, 6.07) is 3.82. The lowest BCUT2D eigenvalue weighted by atomic mass is 9.99. The van der Waals surface area contributed by atoms with Crippen molar-refractivity contribution >= 4 is 23.5 Å². The van der Waals surface area contributed by atoms with Gasteiger partial charge in [0.15, 0.2) is 0 Å². The lowest BCUT2D eigenvalue weighted by molar-refractivity contribution is -0.274. The molecule has 1 heterocycles. The van der Waals surface area contributed by atoms with E-state index in [0.717, 1.165) is 17.0 Å². The zero-order chi connectivity index (χ0) is 18.8. The fourth-order valence-electron chi connectivity index (χ4n) is 2.21. The van der Waals surface area contributed by atoms with E-state index in [2.05, 4.69) is 15.4 Å². The molecule has 1 aliphatic rings. The molecular weight excluding hydrogens is 343 g/mol. The van der Waals surface area contributed by atoms with E-state index in [1.54, 1.807) is 13.8 Å². The molecule has 0 bridgehead atoms. The lowest BCUT2D eigenvalue weighted by Gasteiger charge is -2.19. The van der Waals surface area contributed by atoms with Crippen LogP contribution in [0.15, 0.2) is 24.3 Å². The molecule has 0 saturated carbocycles. The number of benzene rings is 1. The number of rotatable bonds is 5. The van der Waals surface area contributed by atoms with Crippen molar-refractivity contribution < 1.29 is 32.3 Å². The normalized spacial score (nSPS) is 20.4. The van der Waals surface area contributed by atoms with Crippen LogP contribution in [0.4, 0.5) is 23.7 Å². The highest BCUT2D eigenvalue weighted by atomic mass is 19.4. The van der Waals surface area contributed by atoms with Crippen LogP contribution >= 0.6 is 0 Å². The zero-order valence-electron chi connectivity index (χ0n) is 13.4. The van der Waals surface area contributed by atoms with Crippen LogP contribution in [0.25, 0.3) is 0 Å². The maximum Gasteiger partial charge on any atom is 0.573 e. The minimum Gasteiger partial charge on any atom is -0.406 e. The van der Waals surface area contributed by atoms with Gasteiger partial charge in [0.2, 0.25) is 5.91 Å². The van der Waals surface area contributed by atoms with Gasteiger partial charge in [-0.25, -0.2) is 4.79 Å². The van der Waals surface area contributed by atoms with E-state index in [-0.39, 0.29) is 5.69 Å². The van der Waals surface area contributed by atoms with Crippen LogP contribution in [0.1, 0.15) is 20.3 Å². The van der Waals surface area contributed by atoms with Gasteiger partial charge in [-0.2, -0.15) is 0 Å². The predicted molar refractivity (Wildman–Crippen MR) is 80.7 cm³/mol. The number of carbonyl (C=O) groups excluding carboxylic acids is 3. The van der Waals surface area contributed by atoms with Gasteiger partial charge in [-0.1, -0.05) is 6.92 Å². The number of amides is 4. The van der Waals surface area contributed by atoms with Gasteiger partial charge < -0.3 is 15.4 Å². The van der Waals surface area contributed by atoms with Crippen LogP contribution in [0.5, 0.6) is 5.75 Å². The standard InChI is InChI=1S/C15H16F3N3O4/c1-3-14(2)12(23)21(13(24)20-14)8-11(22)19-9-4-6-10(7-5-9)25-15(16,17)18/h4-7H,3,8H2,1-2H3,(H,19,22)(H,20,24)/t14-/m0/s1. The van der Waals surface area contributed by atoms with E-state index in [1.807, 2.05) is 0 Å². The van der Waals surface area contributed by atoms with Gasteiger partial charge in [0.1, 0.15) is 17.8 Å². The van der Waals surface area contributed by atoms with E-state index < -0.39 is 42.0 Å². The van der Waals surface area contributed by atoms with E-state index in [4.69, 9.17) is 0 Å². The Bertz CT molecular complexity index is 690. The van der Waals surface area contributed by atoms with Crippen LogP contribution < -0.4 is 15.4 Å². The number of anilines is 1. The number of carbonyl (C=O) groups is 3. The van der Waals surface area contributed by atoms with Gasteiger partial charge in [0.25, 0.3) is 5.91 Å². The first-order valence-electron chi connectivity index (χ1n) is 7.34. The molecule has 2 rings (SSSR count). The van der Waals surface area contributed by atoms with Crippen molar-refractivity contribution in [3.8, 4) is 5.75 Å². The third-order valence-electron chi connectivity index (χ3n) is 3.73. The Labute approximate surface area is 141 Å². The third kappa shape index (κ3) is 4.40. The molecule has 1 atom stereocenters. The van der Waals surface area contributed by atoms with Crippen LogP contribution in [0.3, 0.4) is 0 Å². The van der Waals surface area contributed by atoms with Gasteiger partial charge in [0, 0.05) is 5.69 Å². The Hall–Kier alpha value is -2.78. The molecule has 1 aromatic carbocycles. The molecule has 0 unspecified atom stereocenters. The summed E-state index contributed by atoms with van der Waals surface area (Å²) in [5, 5.41) is 4.91. The number of hydrogen-bond donors (Lipinski definition) is 2.